The lowest BCUT2D eigenvalue weighted by Gasteiger charge is -2.18. The van der Waals surface area contributed by atoms with Crippen LogP contribution in [0.15, 0.2) is 18.5 Å². The van der Waals surface area contributed by atoms with Crippen LogP contribution in [0.3, 0.4) is 0 Å². The van der Waals surface area contributed by atoms with Crippen molar-refractivity contribution in [1.29, 1.82) is 0 Å². The van der Waals surface area contributed by atoms with E-state index in [0.29, 0.717) is 5.75 Å². The summed E-state index contributed by atoms with van der Waals surface area (Å²) < 4.78 is 2.11. The van der Waals surface area contributed by atoms with E-state index in [1.165, 1.54) is 0 Å². The molecule has 0 fully saturated rings. The second-order valence-electron chi connectivity index (χ2n) is 3.67. The molecule has 4 nitrogen and oxygen atoms in total. The first-order valence-corrected chi connectivity index (χ1v) is 5.33. The minimum Gasteiger partial charge on any atom is -0.506 e. The van der Waals surface area contributed by atoms with Gasteiger partial charge in [-0.15, -0.1) is 0 Å². The predicted molar refractivity (Wildman–Crippen MR) is 60.9 cm³/mol. The zero-order valence-corrected chi connectivity index (χ0v) is 9.20. The Morgan fingerprint density at radius 1 is 1.40 bits per heavy atom. The zero-order chi connectivity index (χ0) is 10.8. The molecule has 0 radical (unpaired) electrons. The number of rotatable bonds is 4. The molecule has 15 heavy (non-hydrogen) atoms. The van der Waals surface area contributed by atoms with Gasteiger partial charge in [0.1, 0.15) is 11.4 Å². The molecular formula is C11H17N3O. The Hall–Kier alpha value is -1.42. The number of nitrogens with zero attached hydrogens (tertiary/aromatic N) is 2. The smallest absolute Gasteiger partial charge is 0.142 e. The third-order valence-electron chi connectivity index (χ3n) is 2.83. The van der Waals surface area contributed by atoms with E-state index in [0.717, 1.165) is 30.8 Å². The molecule has 2 N–H and O–H groups in total. The van der Waals surface area contributed by atoms with Gasteiger partial charge in [0, 0.05) is 12.4 Å². The predicted octanol–water partition coefficient (Wildman–Crippen LogP) is 1.97. The maximum atomic E-state index is 9.51. The van der Waals surface area contributed by atoms with Crippen LogP contribution in [0.4, 0.5) is 0 Å². The maximum absolute atomic E-state index is 9.51. The molecule has 0 unspecified atom stereocenters. The molecule has 2 heterocycles. The molecule has 0 spiro atoms. The van der Waals surface area contributed by atoms with Gasteiger partial charge in [-0.3, -0.25) is 4.90 Å². The minimum atomic E-state index is 0.322. The second-order valence-corrected chi connectivity index (χ2v) is 3.67. The quantitative estimate of drug-likeness (QED) is 0.805. The number of aromatic hydroxyl groups is 1. The Morgan fingerprint density at radius 2 is 2.13 bits per heavy atom. The standard InChI is InChI=1S/C11H17N3O/c1-3-13(4-2)8-14-6-5-9-10(15)7-12-11(9)14/h5-7,12,15H,3-4,8H2,1-2H3. The SMILES string of the molecule is CCN(CC)Cn1ccc2c(O)c[nH]c21. The molecule has 82 valence electrons. The molecule has 0 amide bonds. The van der Waals surface area contributed by atoms with Crippen molar-refractivity contribution in [2.75, 3.05) is 13.1 Å². The zero-order valence-electron chi connectivity index (χ0n) is 9.20. The van der Waals surface area contributed by atoms with E-state index in [4.69, 9.17) is 0 Å². The Kier molecular flexibility index (Phi) is 2.68. The van der Waals surface area contributed by atoms with Crippen molar-refractivity contribution in [1.82, 2.24) is 14.5 Å². The molecule has 0 saturated heterocycles. The van der Waals surface area contributed by atoms with E-state index >= 15 is 0 Å². The van der Waals surface area contributed by atoms with Gasteiger partial charge >= 0.3 is 0 Å². The van der Waals surface area contributed by atoms with E-state index in [2.05, 4.69) is 28.3 Å². The van der Waals surface area contributed by atoms with Gasteiger partial charge in [-0.05, 0) is 19.2 Å². The molecule has 0 aliphatic carbocycles. The highest BCUT2D eigenvalue weighted by Crippen LogP contribution is 2.24. The third kappa shape index (κ3) is 1.72. The molecule has 0 aliphatic heterocycles. The van der Waals surface area contributed by atoms with Gasteiger partial charge in [-0.25, -0.2) is 0 Å². The average molecular weight is 207 g/mol. The Morgan fingerprint density at radius 3 is 2.80 bits per heavy atom. The molecule has 0 aromatic carbocycles. The maximum Gasteiger partial charge on any atom is 0.142 e. The van der Waals surface area contributed by atoms with Gasteiger partial charge < -0.3 is 14.7 Å². The van der Waals surface area contributed by atoms with Gasteiger partial charge in [-0.1, -0.05) is 13.8 Å². The molecule has 2 aromatic heterocycles. The Bertz CT molecular complexity index is 440. The summed E-state index contributed by atoms with van der Waals surface area (Å²) in [5.41, 5.74) is 0.986. The summed E-state index contributed by atoms with van der Waals surface area (Å²) in [5.74, 6) is 0.322. The highest BCUT2D eigenvalue weighted by atomic mass is 16.3. The van der Waals surface area contributed by atoms with Crippen molar-refractivity contribution in [3.8, 4) is 5.75 Å². The van der Waals surface area contributed by atoms with E-state index in [9.17, 15) is 5.11 Å². The summed E-state index contributed by atoms with van der Waals surface area (Å²) in [6, 6.07) is 1.94. The van der Waals surface area contributed by atoms with Crippen molar-refractivity contribution in [2.45, 2.75) is 20.5 Å². The number of aromatic amines is 1. The molecule has 0 bridgehead atoms. The molecule has 2 aromatic rings. The normalized spacial score (nSPS) is 11.7. The monoisotopic (exact) mass is 207 g/mol. The summed E-state index contributed by atoms with van der Waals surface area (Å²) in [7, 11) is 0. The van der Waals surface area contributed by atoms with Gasteiger partial charge in [0.05, 0.1) is 12.1 Å². The Balaban J connectivity index is 2.28. The van der Waals surface area contributed by atoms with Crippen LogP contribution in [0.1, 0.15) is 13.8 Å². The summed E-state index contributed by atoms with van der Waals surface area (Å²) in [6.45, 7) is 7.22. The molecule has 2 rings (SSSR count). The van der Waals surface area contributed by atoms with E-state index < -0.39 is 0 Å². The number of hydrogen-bond acceptors (Lipinski definition) is 2. The third-order valence-corrected chi connectivity index (χ3v) is 2.83. The number of hydrogen-bond donors (Lipinski definition) is 2. The lowest BCUT2D eigenvalue weighted by Crippen LogP contribution is -2.25. The average Bonchev–Trinajstić information content (AvgIpc) is 2.80. The van der Waals surface area contributed by atoms with E-state index in [1.54, 1.807) is 6.20 Å². The number of fused-ring (bicyclic) bond motifs is 1. The van der Waals surface area contributed by atoms with Crippen LogP contribution < -0.4 is 0 Å². The van der Waals surface area contributed by atoms with Crippen molar-refractivity contribution in [3.05, 3.63) is 18.5 Å². The van der Waals surface area contributed by atoms with Gasteiger partial charge in [0.25, 0.3) is 0 Å². The van der Waals surface area contributed by atoms with Crippen LogP contribution in [0.5, 0.6) is 5.75 Å². The topological polar surface area (TPSA) is 44.2 Å². The van der Waals surface area contributed by atoms with E-state index in [1.807, 2.05) is 12.3 Å². The highest BCUT2D eigenvalue weighted by molar-refractivity contribution is 5.83. The summed E-state index contributed by atoms with van der Waals surface area (Å²) in [5, 5.41) is 10.4. The fourth-order valence-electron chi connectivity index (χ4n) is 1.81. The molecule has 0 saturated carbocycles. The van der Waals surface area contributed by atoms with Crippen LogP contribution >= 0.6 is 0 Å². The van der Waals surface area contributed by atoms with Crippen LogP contribution in [0, 0.1) is 0 Å². The number of H-pyrrole nitrogens is 1. The summed E-state index contributed by atoms with van der Waals surface area (Å²) in [4.78, 5) is 5.39. The highest BCUT2D eigenvalue weighted by Gasteiger charge is 2.08. The number of nitrogens with one attached hydrogen (secondary N) is 1. The first-order valence-electron chi connectivity index (χ1n) is 5.33. The van der Waals surface area contributed by atoms with E-state index in [-0.39, 0.29) is 0 Å². The summed E-state index contributed by atoms with van der Waals surface area (Å²) in [6.07, 6.45) is 3.63. The van der Waals surface area contributed by atoms with Crippen molar-refractivity contribution in [2.24, 2.45) is 0 Å². The second kappa shape index (κ2) is 3.98. The fourth-order valence-corrected chi connectivity index (χ4v) is 1.81. The molecular weight excluding hydrogens is 190 g/mol. The van der Waals surface area contributed by atoms with Crippen molar-refractivity contribution >= 4 is 11.0 Å². The van der Waals surface area contributed by atoms with Gasteiger partial charge in [-0.2, -0.15) is 0 Å². The lowest BCUT2D eigenvalue weighted by atomic mass is 10.4. The Labute approximate surface area is 89.1 Å². The molecule has 0 aliphatic rings. The van der Waals surface area contributed by atoms with Crippen LogP contribution in [-0.4, -0.2) is 32.6 Å². The van der Waals surface area contributed by atoms with Crippen LogP contribution in [0.2, 0.25) is 0 Å². The van der Waals surface area contributed by atoms with Crippen LogP contribution in [-0.2, 0) is 6.67 Å². The fraction of sp³-hybridized carbons (Fsp3) is 0.455. The number of aromatic nitrogens is 2. The van der Waals surface area contributed by atoms with Crippen LogP contribution in [0.25, 0.3) is 11.0 Å². The van der Waals surface area contributed by atoms with Crippen molar-refractivity contribution < 1.29 is 5.11 Å². The molecule has 4 heteroatoms. The molecule has 0 atom stereocenters. The lowest BCUT2D eigenvalue weighted by molar-refractivity contribution is 0.245. The first-order chi connectivity index (χ1) is 7.26. The largest absolute Gasteiger partial charge is 0.506 e. The first kappa shape index (κ1) is 10.1. The van der Waals surface area contributed by atoms with Crippen molar-refractivity contribution in [3.63, 3.8) is 0 Å². The minimum absolute atomic E-state index is 0.322. The summed E-state index contributed by atoms with van der Waals surface area (Å²) >= 11 is 0. The van der Waals surface area contributed by atoms with Gasteiger partial charge in [0.2, 0.25) is 0 Å². The van der Waals surface area contributed by atoms with Gasteiger partial charge in [0.15, 0.2) is 0 Å².